The first-order chi connectivity index (χ1) is 7.74. The predicted molar refractivity (Wildman–Crippen MR) is 65.0 cm³/mol. The van der Waals surface area contributed by atoms with Crippen molar-refractivity contribution in [3.8, 4) is 5.82 Å². The summed E-state index contributed by atoms with van der Waals surface area (Å²) in [5, 5.41) is 4.35. The smallest absolute Gasteiger partial charge is 0.153 e. The standard InChI is InChI=1S/C12H14ClN3/c1-9(2)12-10(7-13)8-15-16(12)11-5-3-4-6-14-11/h3-6,8-9H,7H2,1-2H3. The van der Waals surface area contributed by atoms with E-state index in [-0.39, 0.29) is 0 Å². The lowest BCUT2D eigenvalue weighted by atomic mass is 10.1. The molecule has 0 saturated heterocycles. The zero-order valence-corrected chi connectivity index (χ0v) is 10.1. The van der Waals surface area contributed by atoms with Crippen molar-refractivity contribution >= 4 is 11.6 Å². The number of pyridine rings is 1. The molecule has 4 heteroatoms. The third-order valence-corrected chi connectivity index (χ3v) is 2.73. The predicted octanol–water partition coefficient (Wildman–Crippen LogP) is 3.13. The zero-order valence-electron chi connectivity index (χ0n) is 9.39. The zero-order chi connectivity index (χ0) is 11.5. The molecule has 84 valence electrons. The van der Waals surface area contributed by atoms with Crippen molar-refractivity contribution in [2.45, 2.75) is 25.6 Å². The first-order valence-corrected chi connectivity index (χ1v) is 5.81. The SMILES string of the molecule is CC(C)c1c(CCl)cnn1-c1ccccn1. The Hall–Kier alpha value is -1.35. The first kappa shape index (κ1) is 11.1. The van der Waals surface area contributed by atoms with Crippen LogP contribution in [-0.2, 0) is 5.88 Å². The number of hydrogen-bond acceptors (Lipinski definition) is 2. The fourth-order valence-electron chi connectivity index (χ4n) is 1.77. The first-order valence-electron chi connectivity index (χ1n) is 5.28. The Bertz CT molecular complexity index is 462. The van der Waals surface area contributed by atoms with Gasteiger partial charge in [0.25, 0.3) is 0 Å². The van der Waals surface area contributed by atoms with Crippen LogP contribution in [0.2, 0.25) is 0 Å². The van der Waals surface area contributed by atoms with Gasteiger partial charge in [0, 0.05) is 11.8 Å². The maximum Gasteiger partial charge on any atom is 0.153 e. The Balaban J connectivity index is 2.53. The third-order valence-electron chi connectivity index (χ3n) is 2.44. The fraction of sp³-hybridized carbons (Fsp3) is 0.333. The van der Waals surface area contributed by atoms with E-state index in [1.165, 1.54) is 0 Å². The van der Waals surface area contributed by atoms with Crippen LogP contribution in [0.1, 0.15) is 31.0 Å². The molecule has 0 radical (unpaired) electrons. The Labute approximate surface area is 100 Å². The van der Waals surface area contributed by atoms with E-state index < -0.39 is 0 Å². The topological polar surface area (TPSA) is 30.7 Å². The van der Waals surface area contributed by atoms with Crippen LogP contribution in [0.15, 0.2) is 30.6 Å². The van der Waals surface area contributed by atoms with Crippen LogP contribution in [-0.4, -0.2) is 14.8 Å². The summed E-state index contributed by atoms with van der Waals surface area (Å²) in [4.78, 5) is 4.30. The highest BCUT2D eigenvalue weighted by atomic mass is 35.5. The van der Waals surface area contributed by atoms with E-state index >= 15 is 0 Å². The minimum Gasteiger partial charge on any atom is -0.237 e. The number of aromatic nitrogens is 3. The molecule has 0 aliphatic rings. The van der Waals surface area contributed by atoms with Crippen LogP contribution >= 0.6 is 11.6 Å². The highest BCUT2D eigenvalue weighted by molar-refractivity contribution is 6.17. The van der Waals surface area contributed by atoms with Crippen LogP contribution in [0.3, 0.4) is 0 Å². The Morgan fingerprint density at radius 3 is 2.75 bits per heavy atom. The average molecular weight is 236 g/mol. The minimum absolute atomic E-state index is 0.373. The van der Waals surface area contributed by atoms with E-state index in [9.17, 15) is 0 Å². The summed E-state index contributed by atoms with van der Waals surface area (Å²) in [5.41, 5.74) is 2.20. The Morgan fingerprint density at radius 2 is 2.19 bits per heavy atom. The molecule has 0 N–H and O–H groups in total. The third kappa shape index (κ3) is 1.95. The molecule has 0 saturated carbocycles. The summed E-state index contributed by atoms with van der Waals surface area (Å²) < 4.78 is 1.86. The van der Waals surface area contributed by atoms with E-state index in [1.54, 1.807) is 6.20 Å². The summed E-state index contributed by atoms with van der Waals surface area (Å²) >= 11 is 5.90. The number of nitrogens with zero attached hydrogens (tertiary/aromatic N) is 3. The maximum absolute atomic E-state index is 5.90. The molecule has 2 heterocycles. The van der Waals surface area contributed by atoms with Gasteiger partial charge in [0.2, 0.25) is 0 Å². The molecule has 2 aromatic heterocycles. The summed E-state index contributed by atoms with van der Waals surface area (Å²) in [7, 11) is 0. The number of alkyl halides is 1. The molecule has 0 aromatic carbocycles. The van der Waals surface area contributed by atoms with E-state index in [4.69, 9.17) is 11.6 Å². The highest BCUT2D eigenvalue weighted by Crippen LogP contribution is 2.23. The number of halogens is 1. The lowest BCUT2D eigenvalue weighted by Crippen LogP contribution is -2.06. The number of rotatable bonds is 3. The molecule has 0 amide bonds. The van der Waals surface area contributed by atoms with Crippen molar-refractivity contribution in [2.75, 3.05) is 0 Å². The van der Waals surface area contributed by atoms with Crippen LogP contribution in [0.4, 0.5) is 0 Å². The fourth-order valence-corrected chi connectivity index (χ4v) is 1.98. The molecular formula is C12H14ClN3. The van der Waals surface area contributed by atoms with Gasteiger partial charge < -0.3 is 0 Å². The van der Waals surface area contributed by atoms with Crippen LogP contribution < -0.4 is 0 Å². The van der Waals surface area contributed by atoms with E-state index in [2.05, 4.69) is 23.9 Å². The molecule has 16 heavy (non-hydrogen) atoms. The van der Waals surface area contributed by atoms with Gasteiger partial charge in [-0.15, -0.1) is 11.6 Å². The second kappa shape index (κ2) is 4.66. The monoisotopic (exact) mass is 235 g/mol. The molecule has 3 nitrogen and oxygen atoms in total. The maximum atomic E-state index is 5.90. The van der Waals surface area contributed by atoms with Crippen molar-refractivity contribution in [2.24, 2.45) is 0 Å². The lowest BCUT2D eigenvalue weighted by molar-refractivity contribution is 0.717. The summed E-state index contributed by atoms with van der Waals surface area (Å²) in [6, 6.07) is 5.79. The van der Waals surface area contributed by atoms with Crippen LogP contribution in [0, 0.1) is 0 Å². The molecule has 2 aromatic rings. The normalized spacial score (nSPS) is 11.0. The minimum atomic E-state index is 0.373. The molecule has 0 bridgehead atoms. The summed E-state index contributed by atoms with van der Waals surface area (Å²) in [5.74, 6) is 1.70. The van der Waals surface area contributed by atoms with Crippen LogP contribution in [0.25, 0.3) is 5.82 Å². The molecule has 0 fully saturated rings. The van der Waals surface area contributed by atoms with E-state index in [0.717, 1.165) is 17.1 Å². The quantitative estimate of drug-likeness (QED) is 0.766. The van der Waals surface area contributed by atoms with E-state index in [1.807, 2.05) is 29.1 Å². The lowest BCUT2D eigenvalue weighted by Gasteiger charge is -2.10. The Kier molecular flexibility index (Phi) is 3.25. The van der Waals surface area contributed by atoms with Gasteiger partial charge >= 0.3 is 0 Å². The van der Waals surface area contributed by atoms with Gasteiger partial charge in [0.15, 0.2) is 5.82 Å². The molecule has 0 unspecified atom stereocenters. The second-order valence-electron chi connectivity index (χ2n) is 3.94. The second-order valence-corrected chi connectivity index (χ2v) is 4.21. The summed E-state index contributed by atoms with van der Waals surface area (Å²) in [6.45, 7) is 4.26. The van der Waals surface area contributed by atoms with Gasteiger partial charge in [-0.2, -0.15) is 5.10 Å². The Morgan fingerprint density at radius 1 is 1.38 bits per heavy atom. The average Bonchev–Trinajstić information content (AvgIpc) is 2.73. The molecule has 0 atom stereocenters. The summed E-state index contributed by atoms with van der Waals surface area (Å²) in [6.07, 6.45) is 3.58. The van der Waals surface area contributed by atoms with Gasteiger partial charge in [-0.1, -0.05) is 19.9 Å². The largest absolute Gasteiger partial charge is 0.237 e. The van der Waals surface area contributed by atoms with Crippen molar-refractivity contribution in [1.29, 1.82) is 0 Å². The van der Waals surface area contributed by atoms with Crippen molar-refractivity contribution in [3.05, 3.63) is 41.9 Å². The molecule has 2 rings (SSSR count). The highest BCUT2D eigenvalue weighted by Gasteiger charge is 2.14. The molecular weight excluding hydrogens is 222 g/mol. The number of hydrogen-bond donors (Lipinski definition) is 0. The molecule has 0 spiro atoms. The van der Waals surface area contributed by atoms with Crippen molar-refractivity contribution in [3.63, 3.8) is 0 Å². The van der Waals surface area contributed by atoms with Gasteiger partial charge in [-0.3, -0.25) is 0 Å². The molecule has 0 aliphatic heterocycles. The van der Waals surface area contributed by atoms with Crippen molar-refractivity contribution in [1.82, 2.24) is 14.8 Å². The van der Waals surface area contributed by atoms with Gasteiger partial charge in [-0.25, -0.2) is 9.67 Å². The van der Waals surface area contributed by atoms with Gasteiger partial charge in [-0.05, 0) is 18.1 Å². The van der Waals surface area contributed by atoms with Gasteiger partial charge in [0.05, 0.1) is 17.8 Å². The van der Waals surface area contributed by atoms with Crippen LogP contribution in [0.5, 0.6) is 0 Å². The van der Waals surface area contributed by atoms with E-state index in [0.29, 0.717) is 11.8 Å². The van der Waals surface area contributed by atoms with Crippen molar-refractivity contribution < 1.29 is 0 Å². The van der Waals surface area contributed by atoms with Gasteiger partial charge in [0.1, 0.15) is 0 Å². The molecule has 0 aliphatic carbocycles.